The van der Waals surface area contributed by atoms with Crippen LogP contribution in [0.25, 0.3) is 0 Å². The first-order valence-electron chi connectivity index (χ1n) is 8.26. The minimum atomic E-state index is -0.529. The van der Waals surface area contributed by atoms with Gasteiger partial charge in [-0.15, -0.1) is 0 Å². The minimum absolute atomic E-state index is 0.0310. The standard InChI is InChI=1S/C17H24N4O3/c1-12-7-24-11-17(10-22,21(12)2)9-19-16-14(6-18)5-13-3-4-23-8-15(13)20-16/h5,12,22H,3-4,7-11H2,1-2H3,(H,19,20)/t12-,17+/m1/s1. The molecule has 3 heterocycles. The number of morpholine rings is 1. The molecule has 24 heavy (non-hydrogen) atoms. The Hall–Kier alpha value is -1.72. The van der Waals surface area contributed by atoms with Crippen LogP contribution in [-0.4, -0.2) is 66.6 Å². The molecule has 7 heteroatoms. The molecule has 1 aromatic rings. The number of ether oxygens (including phenoxy) is 2. The van der Waals surface area contributed by atoms with E-state index in [0.29, 0.717) is 44.4 Å². The highest BCUT2D eigenvalue weighted by Gasteiger charge is 2.40. The highest BCUT2D eigenvalue weighted by atomic mass is 16.5. The third-order valence-electron chi connectivity index (χ3n) is 5.08. The Morgan fingerprint density at radius 2 is 2.38 bits per heavy atom. The maximum atomic E-state index is 9.96. The summed E-state index contributed by atoms with van der Waals surface area (Å²) in [5.74, 6) is 0.543. The highest BCUT2D eigenvalue weighted by Crippen LogP contribution is 2.25. The summed E-state index contributed by atoms with van der Waals surface area (Å²) in [6, 6.07) is 4.32. The molecule has 0 aliphatic carbocycles. The normalized spacial score (nSPS) is 27.3. The van der Waals surface area contributed by atoms with Crippen molar-refractivity contribution in [1.82, 2.24) is 9.88 Å². The lowest BCUT2D eigenvalue weighted by molar-refractivity contribution is -0.101. The lowest BCUT2D eigenvalue weighted by atomic mass is 9.96. The molecule has 130 valence electrons. The third kappa shape index (κ3) is 3.10. The maximum absolute atomic E-state index is 9.96. The number of aliphatic hydroxyl groups is 1. The Bertz CT molecular complexity index is 645. The average Bonchev–Trinajstić information content (AvgIpc) is 2.62. The topological polar surface area (TPSA) is 90.6 Å². The summed E-state index contributed by atoms with van der Waals surface area (Å²) in [5.41, 5.74) is 1.95. The number of hydrogen-bond acceptors (Lipinski definition) is 7. The molecule has 2 N–H and O–H groups in total. The van der Waals surface area contributed by atoms with Crippen LogP contribution in [0.1, 0.15) is 23.7 Å². The molecule has 2 aliphatic heterocycles. The average molecular weight is 332 g/mol. The van der Waals surface area contributed by atoms with Gasteiger partial charge in [-0.05, 0) is 32.0 Å². The second kappa shape index (κ2) is 7.03. The van der Waals surface area contributed by atoms with Gasteiger partial charge >= 0.3 is 0 Å². The van der Waals surface area contributed by atoms with Crippen molar-refractivity contribution in [1.29, 1.82) is 5.26 Å². The van der Waals surface area contributed by atoms with Gasteiger partial charge in [0.05, 0.1) is 49.8 Å². The zero-order valence-electron chi connectivity index (χ0n) is 14.2. The summed E-state index contributed by atoms with van der Waals surface area (Å²) < 4.78 is 11.1. The summed E-state index contributed by atoms with van der Waals surface area (Å²) in [4.78, 5) is 6.71. The fourth-order valence-corrected chi connectivity index (χ4v) is 3.24. The van der Waals surface area contributed by atoms with E-state index in [-0.39, 0.29) is 12.6 Å². The SMILES string of the molecule is C[C@@H]1COC[C@@](CO)(CNc2nc3c(cc2C#N)CCOC3)N1C. The molecule has 0 bridgehead atoms. The summed E-state index contributed by atoms with van der Waals surface area (Å²) >= 11 is 0. The molecule has 0 spiro atoms. The molecule has 2 aliphatic rings. The largest absolute Gasteiger partial charge is 0.394 e. The number of rotatable bonds is 4. The van der Waals surface area contributed by atoms with Crippen molar-refractivity contribution in [3.05, 3.63) is 22.9 Å². The highest BCUT2D eigenvalue weighted by molar-refractivity contribution is 5.54. The van der Waals surface area contributed by atoms with Crippen LogP contribution in [0.2, 0.25) is 0 Å². The molecular formula is C17H24N4O3. The molecule has 3 rings (SSSR count). The molecular weight excluding hydrogens is 308 g/mol. The van der Waals surface area contributed by atoms with E-state index in [1.165, 1.54) is 0 Å². The van der Waals surface area contributed by atoms with Gasteiger partial charge in [-0.2, -0.15) is 5.26 Å². The van der Waals surface area contributed by atoms with Gasteiger partial charge in [0.2, 0.25) is 0 Å². The van der Waals surface area contributed by atoms with Crippen LogP contribution >= 0.6 is 0 Å². The first kappa shape index (κ1) is 17.1. The summed E-state index contributed by atoms with van der Waals surface area (Å²) in [6.45, 7) is 4.71. The van der Waals surface area contributed by atoms with Crippen LogP contribution in [0.4, 0.5) is 5.82 Å². The fraction of sp³-hybridized carbons (Fsp3) is 0.647. The number of pyridine rings is 1. The number of anilines is 1. The van der Waals surface area contributed by atoms with E-state index in [1.807, 2.05) is 13.1 Å². The number of hydrogen-bond donors (Lipinski definition) is 2. The quantitative estimate of drug-likeness (QED) is 0.830. The Balaban J connectivity index is 1.81. The van der Waals surface area contributed by atoms with Crippen LogP contribution in [0.5, 0.6) is 0 Å². The van der Waals surface area contributed by atoms with Crippen molar-refractivity contribution in [2.75, 3.05) is 45.3 Å². The van der Waals surface area contributed by atoms with E-state index in [0.717, 1.165) is 17.7 Å². The van der Waals surface area contributed by atoms with Crippen LogP contribution in [-0.2, 0) is 22.5 Å². The predicted octanol–water partition coefficient (Wildman–Crippen LogP) is 0.519. The predicted molar refractivity (Wildman–Crippen MR) is 88.7 cm³/mol. The van der Waals surface area contributed by atoms with Crippen molar-refractivity contribution >= 4 is 5.82 Å². The molecule has 2 atom stereocenters. The first-order chi connectivity index (χ1) is 11.6. The van der Waals surface area contributed by atoms with Gasteiger partial charge in [-0.25, -0.2) is 4.98 Å². The van der Waals surface area contributed by atoms with Gasteiger partial charge in [0.1, 0.15) is 11.9 Å². The summed E-state index contributed by atoms with van der Waals surface area (Å²) in [6.07, 6.45) is 0.784. The molecule has 0 amide bonds. The molecule has 0 saturated carbocycles. The minimum Gasteiger partial charge on any atom is -0.394 e. The zero-order valence-corrected chi connectivity index (χ0v) is 14.2. The molecule has 7 nitrogen and oxygen atoms in total. The van der Waals surface area contributed by atoms with Crippen molar-refractivity contribution in [2.45, 2.75) is 31.5 Å². The number of likely N-dealkylation sites (N-methyl/N-ethyl adjacent to an activating group) is 1. The van der Waals surface area contributed by atoms with Gasteiger partial charge in [-0.1, -0.05) is 0 Å². The first-order valence-corrected chi connectivity index (χ1v) is 8.26. The van der Waals surface area contributed by atoms with Crippen molar-refractivity contribution in [3.63, 3.8) is 0 Å². The Kier molecular flexibility index (Phi) is 5.01. The smallest absolute Gasteiger partial charge is 0.144 e. The van der Waals surface area contributed by atoms with Gasteiger partial charge in [-0.3, -0.25) is 4.90 Å². The van der Waals surface area contributed by atoms with E-state index >= 15 is 0 Å². The number of aromatic nitrogens is 1. The molecule has 0 unspecified atom stereocenters. The van der Waals surface area contributed by atoms with Crippen molar-refractivity contribution in [2.24, 2.45) is 0 Å². The Morgan fingerprint density at radius 1 is 1.54 bits per heavy atom. The second-order valence-corrected chi connectivity index (χ2v) is 6.62. The van der Waals surface area contributed by atoms with Gasteiger partial charge in [0, 0.05) is 12.6 Å². The van der Waals surface area contributed by atoms with Crippen LogP contribution in [0.15, 0.2) is 6.07 Å². The molecule has 0 radical (unpaired) electrons. The molecule has 0 aromatic carbocycles. The Labute approximate surface area is 142 Å². The van der Waals surface area contributed by atoms with E-state index < -0.39 is 5.54 Å². The van der Waals surface area contributed by atoms with E-state index in [4.69, 9.17) is 9.47 Å². The van der Waals surface area contributed by atoms with Crippen LogP contribution < -0.4 is 5.32 Å². The second-order valence-electron chi connectivity index (χ2n) is 6.62. The lowest BCUT2D eigenvalue weighted by Crippen LogP contribution is -2.64. The zero-order chi connectivity index (χ0) is 17.2. The van der Waals surface area contributed by atoms with Gasteiger partial charge in [0.15, 0.2) is 0 Å². The van der Waals surface area contributed by atoms with E-state index in [1.54, 1.807) is 0 Å². The van der Waals surface area contributed by atoms with Crippen LogP contribution in [0, 0.1) is 11.3 Å². The molecule has 1 fully saturated rings. The number of nitriles is 1. The van der Waals surface area contributed by atoms with Gasteiger partial charge < -0.3 is 19.9 Å². The molecule has 1 aromatic heterocycles. The summed E-state index contributed by atoms with van der Waals surface area (Å²) in [7, 11) is 1.99. The maximum Gasteiger partial charge on any atom is 0.144 e. The Morgan fingerprint density at radius 3 is 3.12 bits per heavy atom. The molecule has 1 saturated heterocycles. The number of aliphatic hydroxyl groups excluding tert-OH is 1. The van der Waals surface area contributed by atoms with Gasteiger partial charge in [0.25, 0.3) is 0 Å². The fourth-order valence-electron chi connectivity index (χ4n) is 3.24. The van der Waals surface area contributed by atoms with E-state index in [9.17, 15) is 10.4 Å². The van der Waals surface area contributed by atoms with E-state index in [2.05, 4.69) is 28.2 Å². The number of nitrogens with one attached hydrogen (secondary N) is 1. The number of nitrogens with zero attached hydrogens (tertiary/aromatic N) is 3. The van der Waals surface area contributed by atoms with Crippen molar-refractivity contribution in [3.8, 4) is 6.07 Å². The third-order valence-corrected chi connectivity index (χ3v) is 5.08. The van der Waals surface area contributed by atoms with Crippen LogP contribution in [0.3, 0.4) is 0 Å². The lowest BCUT2D eigenvalue weighted by Gasteiger charge is -2.47. The number of fused-ring (bicyclic) bond motifs is 1. The monoisotopic (exact) mass is 332 g/mol. The van der Waals surface area contributed by atoms with Crippen molar-refractivity contribution < 1.29 is 14.6 Å². The summed E-state index contributed by atoms with van der Waals surface area (Å²) in [5, 5.41) is 22.6.